The molecule has 5 nitrogen and oxygen atoms in total. The van der Waals surface area contributed by atoms with Gasteiger partial charge in [0.15, 0.2) is 0 Å². The lowest BCUT2D eigenvalue weighted by Crippen LogP contribution is -2.47. The number of hydrogen-bond donors (Lipinski definition) is 2. The molecule has 1 atom stereocenters. The minimum absolute atomic E-state index is 0.394. The van der Waals surface area contributed by atoms with Crippen molar-refractivity contribution in [3.63, 3.8) is 0 Å². The Morgan fingerprint density at radius 2 is 2.05 bits per heavy atom. The fraction of sp³-hybridized carbons (Fsp3) is 0.125. The van der Waals surface area contributed by atoms with E-state index in [4.69, 9.17) is 11.0 Å². The van der Waals surface area contributed by atoms with Gasteiger partial charge in [-0.3, -0.25) is 10.0 Å². The first-order valence-corrected chi connectivity index (χ1v) is 6.52. The summed E-state index contributed by atoms with van der Waals surface area (Å²) in [5.41, 5.74) is 8.99. The van der Waals surface area contributed by atoms with Crippen molar-refractivity contribution in [1.82, 2.24) is 0 Å². The number of nitrogens with zero attached hydrogens (tertiary/aromatic N) is 2. The highest BCUT2D eigenvalue weighted by Crippen LogP contribution is 2.32. The Labute approximate surface area is 121 Å². The number of nitrogens with two attached hydrogens (primary N) is 1. The zero-order valence-electron chi connectivity index (χ0n) is 11.2. The monoisotopic (exact) mass is 279 g/mol. The van der Waals surface area contributed by atoms with Crippen molar-refractivity contribution < 1.29 is 10.0 Å². The molecule has 0 saturated heterocycles. The molecule has 1 heterocycles. The number of carbonyl (C=O) groups excluding carboxylic acids is 1. The molecule has 1 aliphatic rings. The van der Waals surface area contributed by atoms with E-state index in [2.05, 4.69) is 6.07 Å². The molecular weight excluding hydrogens is 266 g/mol. The number of fused-ring (bicyclic) bond motifs is 1. The third kappa shape index (κ3) is 2.17. The number of benzene rings is 2. The summed E-state index contributed by atoms with van der Waals surface area (Å²) in [6.07, 6.45) is 0.394. The fourth-order valence-electron chi connectivity index (χ4n) is 2.53. The number of rotatable bonds is 1. The maximum atomic E-state index is 11.8. The van der Waals surface area contributed by atoms with Crippen LogP contribution in [-0.4, -0.2) is 17.2 Å². The number of hydrogen-bond acceptors (Lipinski definition) is 4. The fourth-order valence-corrected chi connectivity index (χ4v) is 2.53. The van der Waals surface area contributed by atoms with Crippen molar-refractivity contribution >= 4 is 11.6 Å². The average molecular weight is 279 g/mol. The topological polar surface area (TPSA) is 90.4 Å². The molecule has 0 saturated carbocycles. The van der Waals surface area contributed by atoms with Crippen LogP contribution < -0.4 is 10.8 Å². The minimum atomic E-state index is -0.722. The van der Waals surface area contributed by atoms with Crippen molar-refractivity contribution in [2.24, 2.45) is 5.73 Å². The Balaban J connectivity index is 2.12. The van der Waals surface area contributed by atoms with Gasteiger partial charge in [-0.15, -0.1) is 0 Å². The van der Waals surface area contributed by atoms with Crippen molar-refractivity contribution in [2.45, 2.75) is 12.5 Å². The molecule has 2 aromatic rings. The highest BCUT2D eigenvalue weighted by Gasteiger charge is 2.29. The van der Waals surface area contributed by atoms with E-state index in [0.717, 1.165) is 16.7 Å². The first kappa shape index (κ1) is 13.3. The first-order valence-electron chi connectivity index (χ1n) is 6.52. The normalized spacial score (nSPS) is 17.3. The zero-order valence-corrected chi connectivity index (χ0v) is 11.2. The molecule has 0 fully saturated rings. The number of nitriles is 1. The van der Waals surface area contributed by atoms with E-state index in [9.17, 15) is 10.0 Å². The van der Waals surface area contributed by atoms with Gasteiger partial charge in [-0.2, -0.15) is 10.3 Å². The lowest BCUT2D eigenvalue weighted by Gasteiger charge is -2.28. The smallest absolute Gasteiger partial charge is 0.267 e. The second-order valence-electron chi connectivity index (χ2n) is 4.96. The van der Waals surface area contributed by atoms with Gasteiger partial charge in [0.2, 0.25) is 0 Å². The van der Waals surface area contributed by atoms with Crippen LogP contribution in [0.15, 0.2) is 42.5 Å². The van der Waals surface area contributed by atoms with Crippen LogP contribution in [0.4, 0.5) is 5.69 Å². The van der Waals surface area contributed by atoms with Crippen LogP contribution in [0.3, 0.4) is 0 Å². The van der Waals surface area contributed by atoms with Crippen LogP contribution in [0.25, 0.3) is 11.1 Å². The summed E-state index contributed by atoms with van der Waals surface area (Å²) in [7, 11) is 0. The van der Waals surface area contributed by atoms with E-state index < -0.39 is 11.9 Å². The first-order chi connectivity index (χ1) is 10.1. The van der Waals surface area contributed by atoms with Gasteiger partial charge in [0, 0.05) is 0 Å². The zero-order chi connectivity index (χ0) is 15.0. The minimum Gasteiger partial charge on any atom is -0.320 e. The summed E-state index contributed by atoms with van der Waals surface area (Å²) >= 11 is 0. The van der Waals surface area contributed by atoms with Gasteiger partial charge in [-0.1, -0.05) is 30.3 Å². The van der Waals surface area contributed by atoms with E-state index in [-0.39, 0.29) is 0 Å². The van der Waals surface area contributed by atoms with E-state index in [1.54, 1.807) is 18.2 Å². The van der Waals surface area contributed by atoms with Crippen molar-refractivity contribution in [3.05, 3.63) is 53.6 Å². The summed E-state index contributed by atoms with van der Waals surface area (Å²) in [6.45, 7) is 0. The van der Waals surface area contributed by atoms with E-state index in [1.165, 1.54) is 0 Å². The molecule has 0 radical (unpaired) electrons. The van der Waals surface area contributed by atoms with Gasteiger partial charge in [-0.25, -0.2) is 0 Å². The molecular formula is C16H13N3O2. The summed E-state index contributed by atoms with van der Waals surface area (Å²) < 4.78 is 0. The summed E-state index contributed by atoms with van der Waals surface area (Å²) in [4.78, 5) is 11.8. The van der Waals surface area contributed by atoms with E-state index in [0.29, 0.717) is 22.7 Å². The van der Waals surface area contributed by atoms with Crippen LogP contribution in [0.5, 0.6) is 0 Å². The summed E-state index contributed by atoms with van der Waals surface area (Å²) in [6, 6.07) is 14.0. The largest absolute Gasteiger partial charge is 0.320 e. The van der Waals surface area contributed by atoms with Gasteiger partial charge in [0.25, 0.3) is 5.91 Å². The maximum Gasteiger partial charge on any atom is 0.267 e. The van der Waals surface area contributed by atoms with Gasteiger partial charge < -0.3 is 5.73 Å². The van der Waals surface area contributed by atoms with Crippen molar-refractivity contribution in [1.29, 1.82) is 5.26 Å². The molecule has 0 aliphatic carbocycles. The summed E-state index contributed by atoms with van der Waals surface area (Å²) in [5.74, 6) is -0.520. The van der Waals surface area contributed by atoms with Crippen LogP contribution in [0.2, 0.25) is 0 Å². The molecule has 1 unspecified atom stereocenters. The Kier molecular flexibility index (Phi) is 3.18. The van der Waals surface area contributed by atoms with Crippen LogP contribution in [0, 0.1) is 11.3 Å². The predicted octanol–water partition coefficient (Wildman–Crippen LogP) is 1.83. The molecule has 1 amide bonds. The van der Waals surface area contributed by atoms with E-state index in [1.807, 2.05) is 24.3 Å². The Hall–Kier alpha value is -2.68. The number of carbonyl (C=O) groups is 1. The average Bonchev–Trinajstić information content (AvgIpc) is 2.52. The number of amides is 1. The molecule has 0 bridgehead atoms. The number of hydroxylamine groups is 1. The van der Waals surface area contributed by atoms with Crippen molar-refractivity contribution in [3.8, 4) is 17.2 Å². The van der Waals surface area contributed by atoms with E-state index >= 15 is 0 Å². The molecule has 0 spiro atoms. The molecule has 104 valence electrons. The molecule has 21 heavy (non-hydrogen) atoms. The van der Waals surface area contributed by atoms with Gasteiger partial charge in [-0.05, 0) is 35.2 Å². The van der Waals surface area contributed by atoms with Gasteiger partial charge in [0.1, 0.15) is 0 Å². The second-order valence-corrected chi connectivity index (χ2v) is 4.96. The standard InChI is InChI=1S/C16H13N3O2/c17-9-12-3-1-2-4-13(12)10-5-6-11-7-14(18)16(20)19(21)15(11)8-10/h1-6,8,14,21H,7,18H2. The van der Waals surface area contributed by atoms with Crippen LogP contribution in [0.1, 0.15) is 11.1 Å². The Morgan fingerprint density at radius 3 is 2.81 bits per heavy atom. The molecule has 3 rings (SSSR count). The Bertz CT molecular complexity index is 764. The lowest BCUT2D eigenvalue weighted by molar-refractivity contribution is -0.125. The predicted molar refractivity (Wildman–Crippen MR) is 77.5 cm³/mol. The van der Waals surface area contributed by atoms with Crippen LogP contribution in [-0.2, 0) is 11.2 Å². The highest BCUT2D eigenvalue weighted by molar-refractivity contribution is 5.98. The molecule has 3 N–H and O–H groups in total. The quantitative estimate of drug-likeness (QED) is 0.779. The second kappa shape index (κ2) is 5.02. The Morgan fingerprint density at radius 1 is 1.29 bits per heavy atom. The molecule has 0 aromatic heterocycles. The van der Waals surface area contributed by atoms with Crippen LogP contribution >= 0.6 is 0 Å². The highest BCUT2D eigenvalue weighted by atomic mass is 16.5. The molecule has 2 aromatic carbocycles. The van der Waals surface area contributed by atoms with Crippen molar-refractivity contribution in [2.75, 3.05) is 5.06 Å². The summed E-state index contributed by atoms with van der Waals surface area (Å²) in [5, 5.41) is 19.7. The molecule has 1 aliphatic heterocycles. The number of anilines is 1. The van der Waals surface area contributed by atoms with Gasteiger partial charge >= 0.3 is 0 Å². The third-order valence-corrected chi connectivity index (χ3v) is 3.64. The maximum absolute atomic E-state index is 11.8. The lowest BCUT2D eigenvalue weighted by atomic mass is 9.94. The molecule has 5 heteroatoms. The third-order valence-electron chi connectivity index (χ3n) is 3.64. The van der Waals surface area contributed by atoms with Gasteiger partial charge in [0.05, 0.1) is 23.4 Å². The SMILES string of the molecule is N#Cc1ccccc1-c1ccc2c(c1)N(O)C(=O)C(N)C2.